The highest BCUT2D eigenvalue weighted by Crippen LogP contribution is 2.33. The van der Waals surface area contributed by atoms with Crippen LogP contribution in [-0.2, 0) is 18.3 Å². The number of rotatable bonds is 4. The third-order valence-corrected chi connectivity index (χ3v) is 6.56. The number of esters is 1. The number of benzene rings is 2. The summed E-state index contributed by atoms with van der Waals surface area (Å²) in [5, 5.41) is 5.77. The van der Waals surface area contributed by atoms with Crippen molar-refractivity contribution in [3.05, 3.63) is 59.0 Å². The minimum Gasteiger partial charge on any atom is -0.426 e. The Morgan fingerprint density at radius 3 is 2.60 bits per heavy atom. The van der Waals surface area contributed by atoms with Gasteiger partial charge in [-0.25, -0.2) is 4.98 Å². The van der Waals surface area contributed by atoms with Crippen molar-refractivity contribution in [2.45, 2.75) is 27.2 Å². The Balaban J connectivity index is 1.59. The lowest BCUT2D eigenvalue weighted by Gasteiger charge is -2.29. The lowest BCUT2D eigenvalue weighted by Crippen LogP contribution is -2.44. The molecule has 0 radical (unpaired) electrons. The fourth-order valence-corrected chi connectivity index (χ4v) is 4.75. The molecule has 0 spiro atoms. The maximum atomic E-state index is 12.6. The molecule has 2 aromatic carbocycles. The first kappa shape index (κ1) is 23.6. The molecule has 182 valence electrons. The van der Waals surface area contributed by atoms with Crippen molar-refractivity contribution in [1.29, 1.82) is 0 Å². The van der Waals surface area contributed by atoms with Gasteiger partial charge in [0.05, 0.1) is 10.9 Å². The van der Waals surface area contributed by atoms with Gasteiger partial charge in [0.15, 0.2) is 5.82 Å². The molecule has 1 aliphatic rings. The van der Waals surface area contributed by atoms with Crippen molar-refractivity contribution in [3.8, 4) is 5.75 Å². The molecule has 7 nitrogen and oxygen atoms in total. The molecule has 0 amide bonds. The number of ether oxygens (including phenoxy) is 1. The predicted molar refractivity (Wildman–Crippen MR) is 140 cm³/mol. The Hall–Kier alpha value is -3.16. The van der Waals surface area contributed by atoms with Crippen molar-refractivity contribution in [1.82, 2.24) is 19.9 Å². The molecule has 1 N–H and O–H groups in total. The summed E-state index contributed by atoms with van der Waals surface area (Å²) < 4.78 is 7.86. The normalized spacial score (nSPS) is 14.6. The van der Waals surface area contributed by atoms with E-state index < -0.39 is 5.41 Å². The number of aryl methyl sites for hydroxylation is 1. The summed E-state index contributed by atoms with van der Waals surface area (Å²) in [5.41, 5.74) is 3.35. The molecule has 0 atom stereocenters. The zero-order valence-corrected chi connectivity index (χ0v) is 21.3. The van der Waals surface area contributed by atoms with Crippen LogP contribution in [0, 0.1) is 5.41 Å². The largest absolute Gasteiger partial charge is 0.426 e. The first-order valence-corrected chi connectivity index (χ1v) is 12.3. The number of anilines is 1. The van der Waals surface area contributed by atoms with Gasteiger partial charge in [0.25, 0.3) is 0 Å². The van der Waals surface area contributed by atoms with E-state index in [0.717, 1.165) is 64.9 Å². The van der Waals surface area contributed by atoms with Crippen LogP contribution in [0.5, 0.6) is 5.75 Å². The maximum absolute atomic E-state index is 12.6. The zero-order chi connectivity index (χ0) is 24.7. The fraction of sp³-hybridized carbons (Fsp3) is 0.370. The van der Waals surface area contributed by atoms with E-state index in [9.17, 15) is 4.79 Å². The summed E-state index contributed by atoms with van der Waals surface area (Å²) in [5.74, 6) is 1.16. The quantitative estimate of drug-likeness (QED) is 0.253. The van der Waals surface area contributed by atoms with Gasteiger partial charge in [-0.05, 0) is 60.8 Å². The Bertz CT molecular complexity index is 1420. The molecule has 2 aromatic heterocycles. The lowest BCUT2D eigenvalue weighted by molar-refractivity contribution is -0.142. The molecule has 35 heavy (non-hydrogen) atoms. The summed E-state index contributed by atoms with van der Waals surface area (Å²) in [6.45, 7) is 9.12. The predicted octanol–water partition coefficient (Wildman–Crippen LogP) is 4.73. The topological polar surface area (TPSA) is 72.3 Å². The van der Waals surface area contributed by atoms with E-state index in [1.165, 1.54) is 0 Å². The molecule has 1 saturated heterocycles. The summed E-state index contributed by atoms with van der Waals surface area (Å²) in [4.78, 5) is 24.1. The standard InChI is InChI=1S/C27H30ClN5O2/c1-27(2,3)25(34)35-20-14-17-7-5-6-8-21(17)18(15-20)13-19-16-32(4)23-22(19)30-26(28)31-24(23)33-11-9-29-10-12-33/h5-8,14-16,29H,9-13H2,1-4H3. The van der Waals surface area contributed by atoms with Gasteiger partial charge in [-0.2, -0.15) is 4.98 Å². The average molecular weight is 492 g/mol. The Morgan fingerprint density at radius 1 is 1.11 bits per heavy atom. The van der Waals surface area contributed by atoms with Crippen LogP contribution in [0.2, 0.25) is 5.28 Å². The van der Waals surface area contributed by atoms with Crippen LogP contribution in [0.25, 0.3) is 21.8 Å². The molecule has 0 bridgehead atoms. The Labute approximate surface area is 210 Å². The lowest BCUT2D eigenvalue weighted by atomic mass is 9.97. The molecule has 0 aliphatic carbocycles. The fourth-order valence-electron chi connectivity index (χ4n) is 4.58. The van der Waals surface area contributed by atoms with Crippen LogP contribution in [0.4, 0.5) is 5.82 Å². The SMILES string of the molecule is Cn1cc(Cc2cc(OC(=O)C(C)(C)C)cc3ccccc23)c2nc(Cl)nc(N3CCNCC3)c21. The molecule has 0 saturated carbocycles. The third kappa shape index (κ3) is 4.70. The Morgan fingerprint density at radius 2 is 1.86 bits per heavy atom. The summed E-state index contributed by atoms with van der Waals surface area (Å²) in [6.07, 6.45) is 2.72. The molecule has 1 fully saturated rings. The molecular formula is C27H30ClN5O2. The van der Waals surface area contributed by atoms with Crippen molar-refractivity contribution in [3.63, 3.8) is 0 Å². The number of fused-ring (bicyclic) bond motifs is 2. The van der Waals surface area contributed by atoms with E-state index in [0.29, 0.717) is 12.2 Å². The van der Waals surface area contributed by atoms with Gasteiger partial charge in [0.2, 0.25) is 5.28 Å². The highest BCUT2D eigenvalue weighted by Gasteiger charge is 2.25. The second kappa shape index (κ2) is 9.13. The van der Waals surface area contributed by atoms with Gasteiger partial charge in [-0.3, -0.25) is 4.79 Å². The number of carbonyl (C=O) groups excluding carboxylic acids is 1. The molecule has 4 aromatic rings. The van der Waals surface area contributed by atoms with Crippen LogP contribution in [-0.4, -0.2) is 46.7 Å². The van der Waals surface area contributed by atoms with Gasteiger partial charge in [-0.1, -0.05) is 24.3 Å². The Kier molecular flexibility index (Phi) is 6.15. The number of hydrogen-bond donors (Lipinski definition) is 1. The molecule has 5 rings (SSSR count). The highest BCUT2D eigenvalue weighted by atomic mass is 35.5. The maximum Gasteiger partial charge on any atom is 0.316 e. The van der Waals surface area contributed by atoms with Crippen LogP contribution in [0.1, 0.15) is 31.9 Å². The molecule has 8 heteroatoms. The molecule has 1 aliphatic heterocycles. The van der Waals surface area contributed by atoms with E-state index in [-0.39, 0.29) is 11.3 Å². The van der Waals surface area contributed by atoms with Crippen molar-refractivity contribution in [2.75, 3.05) is 31.1 Å². The monoisotopic (exact) mass is 491 g/mol. The van der Waals surface area contributed by atoms with Gasteiger partial charge in [0.1, 0.15) is 11.3 Å². The van der Waals surface area contributed by atoms with Gasteiger partial charge in [0, 0.05) is 51.4 Å². The number of piperazine rings is 1. The van der Waals surface area contributed by atoms with Crippen molar-refractivity contribution < 1.29 is 9.53 Å². The van der Waals surface area contributed by atoms with Crippen LogP contribution in [0.15, 0.2) is 42.6 Å². The summed E-state index contributed by atoms with van der Waals surface area (Å²) in [6, 6.07) is 12.0. The first-order chi connectivity index (χ1) is 16.7. The molecule has 0 unspecified atom stereocenters. The van der Waals surface area contributed by atoms with E-state index >= 15 is 0 Å². The number of carbonyl (C=O) groups is 1. The van der Waals surface area contributed by atoms with Crippen molar-refractivity contribution in [2.24, 2.45) is 12.5 Å². The smallest absolute Gasteiger partial charge is 0.316 e. The number of hydrogen-bond acceptors (Lipinski definition) is 6. The van der Waals surface area contributed by atoms with Crippen LogP contribution in [0.3, 0.4) is 0 Å². The van der Waals surface area contributed by atoms with Gasteiger partial charge < -0.3 is 19.5 Å². The van der Waals surface area contributed by atoms with E-state index in [2.05, 4.69) is 37.0 Å². The third-order valence-electron chi connectivity index (χ3n) is 6.39. The molecular weight excluding hydrogens is 462 g/mol. The minimum absolute atomic E-state index is 0.246. The van der Waals surface area contributed by atoms with E-state index in [1.807, 2.05) is 58.2 Å². The second-order valence-corrected chi connectivity index (χ2v) is 10.5. The summed E-state index contributed by atoms with van der Waals surface area (Å²) in [7, 11) is 2.02. The first-order valence-electron chi connectivity index (χ1n) is 11.9. The zero-order valence-electron chi connectivity index (χ0n) is 20.6. The number of halogens is 1. The second-order valence-electron chi connectivity index (χ2n) is 10.1. The average Bonchev–Trinajstić information content (AvgIpc) is 3.13. The summed E-state index contributed by atoms with van der Waals surface area (Å²) >= 11 is 6.42. The van der Waals surface area contributed by atoms with E-state index in [1.54, 1.807) is 0 Å². The van der Waals surface area contributed by atoms with Crippen molar-refractivity contribution >= 4 is 45.2 Å². The molecule has 3 heterocycles. The van der Waals surface area contributed by atoms with E-state index in [4.69, 9.17) is 16.3 Å². The van der Waals surface area contributed by atoms with Gasteiger partial charge in [-0.15, -0.1) is 0 Å². The van der Waals surface area contributed by atoms with Gasteiger partial charge >= 0.3 is 5.97 Å². The van der Waals surface area contributed by atoms with Crippen LogP contribution < -0.4 is 15.0 Å². The number of nitrogens with zero attached hydrogens (tertiary/aromatic N) is 4. The highest BCUT2D eigenvalue weighted by molar-refractivity contribution is 6.28. The minimum atomic E-state index is -0.588. The number of nitrogens with one attached hydrogen (secondary N) is 1. The van der Waals surface area contributed by atoms with Crippen LogP contribution >= 0.6 is 11.6 Å². The number of aromatic nitrogens is 3.